The molecular formula is C14H17ClN2O5. The van der Waals surface area contributed by atoms with Gasteiger partial charge in [-0.15, -0.1) is 11.6 Å². The number of hydrogen-bond acceptors (Lipinski definition) is 6. The van der Waals surface area contributed by atoms with Crippen LogP contribution < -0.4 is 11.2 Å². The molecule has 0 saturated carbocycles. The number of ether oxygens (including phenoxy) is 1. The zero-order valence-corrected chi connectivity index (χ0v) is 12.5. The molecule has 0 spiro atoms. The number of amides is 1. The first-order chi connectivity index (χ1) is 10.6. The smallest absolute Gasteiger partial charge is 0.328 e. The summed E-state index contributed by atoms with van der Waals surface area (Å²) >= 11 is 5.45. The molecule has 0 aliphatic rings. The van der Waals surface area contributed by atoms with Crippen molar-refractivity contribution >= 4 is 29.4 Å². The van der Waals surface area contributed by atoms with Gasteiger partial charge in [-0.25, -0.2) is 4.79 Å². The molecule has 0 aromatic heterocycles. The minimum absolute atomic E-state index is 0.00965. The third-order valence-electron chi connectivity index (χ3n) is 2.72. The van der Waals surface area contributed by atoms with Crippen molar-refractivity contribution in [3.05, 3.63) is 35.9 Å². The lowest BCUT2D eigenvalue weighted by molar-refractivity contribution is -0.147. The molecule has 1 rings (SSSR count). The molecule has 0 aliphatic heterocycles. The molecule has 0 heterocycles. The van der Waals surface area contributed by atoms with Crippen molar-refractivity contribution in [1.29, 1.82) is 0 Å². The van der Waals surface area contributed by atoms with Crippen LogP contribution in [0.3, 0.4) is 0 Å². The average molecular weight is 329 g/mol. The normalized spacial score (nSPS) is 11.4. The zero-order valence-electron chi connectivity index (χ0n) is 11.8. The summed E-state index contributed by atoms with van der Waals surface area (Å²) in [5.41, 5.74) is 0.388. The lowest BCUT2D eigenvalue weighted by Gasteiger charge is -2.17. The summed E-state index contributed by atoms with van der Waals surface area (Å²) < 4.78 is 4.89. The highest BCUT2D eigenvalue weighted by Gasteiger charge is 2.24. The Morgan fingerprint density at radius 1 is 1.23 bits per heavy atom. The number of carbonyl (C=O) groups excluding carboxylic acids is 3. The number of hydrogen-bond donors (Lipinski definition) is 2. The van der Waals surface area contributed by atoms with Crippen LogP contribution in [0.25, 0.3) is 0 Å². The molecule has 1 aromatic carbocycles. The first-order valence-electron chi connectivity index (χ1n) is 6.56. The minimum atomic E-state index is -0.991. The van der Waals surface area contributed by atoms with E-state index >= 15 is 0 Å². The van der Waals surface area contributed by atoms with Crippen LogP contribution in [0.4, 0.5) is 0 Å². The highest BCUT2D eigenvalue weighted by Crippen LogP contribution is 2.05. The fourth-order valence-electron chi connectivity index (χ4n) is 1.64. The van der Waals surface area contributed by atoms with E-state index < -0.39 is 23.9 Å². The van der Waals surface area contributed by atoms with Crippen LogP contribution in [0.5, 0.6) is 0 Å². The first kappa shape index (κ1) is 17.9. The monoisotopic (exact) mass is 328 g/mol. The maximum Gasteiger partial charge on any atom is 0.328 e. The van der Waals surface area contributed by atoms with Gasteiger partial charge in [0.25, 0.3) is 5.91 Å². The Balaban J connectivity index is 2.69. The maximum absolute atomic E-state index is 12.1. The predicted octanol–water partition coefficient (Wildman–Crippen LogP) is 0.764. The number of benzene rings is 1. The van der Waals surface area contributed by atoms with Gasteiger partial charge in [0, 0.05) is 12.0 Å². The lowest BCUT2D eigenvalue weighted by atomic mass is 10.1. The van der Waals surface area contributed by atoms with E-state index in [0.717, 1.165) is 0 Å². The Morgan fingerprint density at radius 3 is 2.50 bits per heavy atom. The van der Waals surface area contributed by atoms with Crippen LogP contribution in [0.15, 0.2) is 30.3 Å². The molecule has 22 heavy (non-hydrogen) atoms. The SMILES string of the molecule is NOC(=O)CC[C@H](NC(=O)c1ccccc1)C(=O)OCCCl. The van der Waals surface area contributed by atoms with Crippen LogP contribution in [-0.2, 0) is 19.2 Å². The summed E-state index contributed by atoms with van der Waals surface area (Å²) in [6, 6.07) is 7.37. The molecule has 1 amide bonds. The predicted molar refractivity (Wildman–Crippen MR) is 78.9 cm³/mol. The number of carbonyl (C=O) groups is 3. The number of halogens is 1. The summed E-state index contributed by atoms with van der Waals surface area (Å²) in [6.45, 7) is 0.0133. The van der Waals surface area contributed by atoms with Crippen LogP contribution in [0.2, 0.25) is 0 Å². The molecule has 120 valence electrons. The molecule has 0 radical (unpaired) electrons. The van der Waals surface area contributed by atoms with Gasteiger partial charge < -0.3 is 14.9 Å². The average Bonchev–Trinajstić information content (AvgIpc) is 2.56. The van der Waals surface area contributed by atoms with Crippen molar-refractivity contribution in [2.24, 2.45) is 5.90 Å². The fraction of sp³-hybridized carbons (Fsp3) is 0.357. The van der Waals surface area contributed by atoms with E-state index in [4.69, 9.17) is 22.2 Å². The van der Waals surface area contributed by atoms with Gasteiger partial charge >= 0.3 is 11.9 Å². The molecule has 0 saturated heterocycles. The quantitative estimate of drug-likeness (QED) is 0.414. The van der Waals surface area contributed by atoms with Crippen molar-refractivity contribution in [2.45, 2.75) is 18.9 Å². The summed E-state index contributed by atoms with van der Waals surface area (Å²) in [5.74, 6) is 3.06. The number of nitrogens with two attached hydrogens (primary N) is 1. The fourth-order valence-corrected chi connectivity index (χ4v) is 1.72. The second-order valence-corrected chi connectivity index (χ2v) is 4.66. The number of alkyl halides is 1. The summed E-state index contributed by atoms with van der Waals surface area (Å²) in [6.07, 6.45) is -0.123. The third kappa shape index (κ3) is 6.11. The maximum atomic E-state index is 12.1. The van der Waals surface area contributed by atoms with E-state index in [1.165, 1.54) is 0 Å². The topological polar surface area (TPSA) is 108 Å². The van der Waals surface area contributed by atoms with E-state index in [2.05, 4.69) is 10.2 Å². The van der Waals surface area contributed by atoms with Gasteiger partial charge in [0.05, 0.1) is 5.88 Å². The Labute approximate surface area is 132 Å². The molecule has 3 N–H and O–H groups in total. The zero-order chi connectivity index (χ0) is 16.4. The van der Waals surface area contributed by atoms with Crippen molar-refractivity contribution in [3.63, 3.8) is 0 Å². The van der Waals surface area contributed by atoms with Crippen molar-refractivity contribution in [1.82, 2.24) is 5.32 Å². The van der Waals surface area contributed by atoms with Gasteiger partial charge in [0.1, 0.15) is 12.6 Å². The molecule has 8 heteroatoms. The minimum Gasteiger partial charge on any atom is -0.463 e. The van der Waals surface area contributed by atoms with E-state index in [9.17, 15) is 14.4 Å². The van der Waals surface area contributed by atoms with Gasteiger partial charge in [-0.1, -0.05) is 18.2 Å². The van der Waals surface area contributed by atoms with Crippen LogP contribution in [0.1, 0.15) is 23.2 Å². The van der Waals surface area contributed by atoms with Gasteiger partial charge in [-0.05, 0) is 18.6 Å². The van der Waals surface area contributed by atoms with Crippen LogP contribution >= 0.6 is 11.6 Å². The lowest BCUT2D eigenvalue weighted by Crippen LogP contribution is -2.42. The van der Waals surface area contributed by atoms with Crippen molar-refractivity contribution in [3.8, 4) is 0 Å². The Hall–Kier alpha value is -2.12. The molecular weight excluding hydrogens is 312 g/mol. The molecule has 1 aromatic rings. The first-order valence-corrected chi connectivity index (χ1v) is 7.10. The highest BCUT2D eigenvalue weighted by atomic mass is 35.5. The third-order valence-corrected chi connectivity index (χ3v) is 2.87. The molecule has 7 nitrogen and oxygen atoms in total. The van der Waals surface area contributed by atoms with Crippen molar-refractivity contribution in [2.75, 3.05) is 12.5 Å². The standard InChI is InChI=1S/C14H17ClN2O5/c15-8-9-21-14(20)11(6-7-12(18)22-16)17-13(19)10-4-2-1-3-5-10/h1-5,11H,6-9,16H2,(H,17,19)/t11-/m0/s1. The summed E-state index contributed by atoms with van der Waals surface area (Å²) in [7, 11) is 0. The molecule has 0 aliphatic carbocycles. The molecule has 0 fully saturated rings. The summed E-state index contributed by atoms with van der Waals surface area (Å²) in [5, 5.41) is 2.52. The Morgan fingerprint density at radius 2 is 1.91 bits per heavy atom. The van der Waals surface area contributed by atoms with E-state index in [1.54, 1.807) is 30.3 Å². The largest absolute Gasteiger partial charge is 0.463 e. The van der Waals surface area contributed by atoms with Gasteiger partial charge in [-0.3, -0.25) is 9.59 Å². The van der Waals surface area contributed by atoms with E-state index in [-0.39, 0.29) is 25.3 Å². The number of nitrogens with one attached hydrogen (secondary N) is 1. The Kier molecular flexibility index (Phi) is 7.95. The highest BCUT2D eigenvalue weighted by molar-refractivity contribution is 6.18. The molecule has 1 atom stereocenters. The van der Waals surface area contributed by atoms with Crippen LogP contribution in [-0.4, -0.2) is 36.4 Å². The molecule has 0 bridgehead atoms. The van der Waals surface area contributed by atoms with Gasteiger partial charge in [0.2, 0.25) is 0 Å². The van der Waals surface area contributed by atoms with E-state index in [1.807, 2.05) is 0 Å². The second kappa shape index (κ2) is 9.75. The summed E-state index contributed by atoms with van der Waals surface area (Å²) in [4.78, 5) is 39.1. The molecule has 0 unspecified atom stereocenters. The van der Waals surface area contributed by atoms with Crippen LogP contribution in [0, 0.1) is 0 Å². The Bertz CT molecular complexity index is 509. The van der Waals surface area contributed by atoms with Gasteiger partial charge in [0.15, 0.2) is 0 Å². The number of rotatable bonds is 8. The number of esters is 1. The van der Waals surface area contributed by atoms with Gasteiger partial charge in [-0.2, -0.15) is 5.90 Å². The van der Waals surface area contributed by atoms with E-state index in [0.29, 0.717) is 5.56 Å². The van der Waals surface area contributed by atoms with Crippen molar-refractivity contribution < 1.29 is 24.0 Å². The second-order valence-electron chi connectivity index (χ2n) is 4.28.